The third-order valence-corrected chi connectivity index (χ3v) is 2.06. The molecule has 1 heterocycles. The number of carboxylic acid groups (broad SMARTS) is 1. The van der Waals surface area contributed by atoms with Crippen LogP contribution in [0.25, 0.3) is 0 Å². The Morgan fingerprint density at radius 2 is 2.00 bits per heavy atom. The van der Waals surface area contributed by atoms with Gasteiger partial charge in [0.2, 0.25) is 5.95 Å². The van der Waals surface area contributed by atoms with Crippen molar-refractivity contribution in [2.75, 3.05) is 23.3 Å². The molecule has 8 heteroatoms. The normalized spacial score (nSPS) is 12.1. The molecule has 0 aliphatic heterocycles. The van der Waals surface area contributed by atoms with Gasteiger partial charge in [0.25, 0.3) is 0 Å². The van der Waals surface area contributed by atoms with E-state index < -0.39 is 12.0 Å². The van der Waals surface area contributed by atoms with Crippen LogP contribution >= 0.6 is 0 Å². The summed E-state index contributed by atoms with van der Waals surface area (Å²) < 4.78 is 0. The lowest BCUT2D eigenvalue weighted by Crippen LogP contribution is -2.30. The number of rotatable bonds is 6. The number of carboxylic acids is 1. The van der Waals surface area contributed by atoms with Crippen LogP contribution in [0, 0.1) is 0 Å². The van der Waals surface area contributed by atoms with Crippen LogP contribution in [-0.4, -0.2) is 33.6 Å². The molecule has 0 spiro atoms. The van der Waals surface area contributed by atoms with E-state index in [0.29, 0.717) is 25.3 Å². The van der Waals surface area contributed by atoms with E-state index in [2.05, 4.69) is 15.3 Å². The molecule has 1 aromatic rings. The molecule has 0 aliphatic carbocycles. The predicted molar refractivity (Wildman–Crippen MR) is 64.2 cm³/mol. The summed E-state index contributed by atoms with van der Waals surface area (Å²) in [6.07, 6.45) is 0.964. The van der Waals surface area contributed by atoms with Crippen molar-refractivity contribution in [1.29, 1.82) is 0 Å². The van der Waals surface area contributed by atoms with Gasteiger partial charge in [-0.25, -0.2) is 0 Å². The highest BCUT2D eigenvalue weighted by Gasteiger charge is 2.10. The Bertz CT molecular complexity index is 377. The maximum atomic E-state index is 10.4. The Morgan fingerprint density at radius 3 is 2.53 bits per heavy atom. The summed E-state index contributed by atoms with van der Waals surface area (Å²) >= 11 is 0. The van der Waals surface area contributed by atoms with E-state index in [1.807, 2.05) is 0 Å². The van der Waals surface area contributed by atoms with Crippen LogP contribution in [0.2, 0.25) is 0 Å². The molecule has 1 atom stereocenters. The van der Waals surface area contributed by atoms with Crippen LogP contribution in [-0.2, 0) is 4.79 Å². The van der Waals surface area contributed by atoms with E-state index in [1.165, 1.54) is 6.07 Å². The number of aliphatic carboxylic acids is 1. The Balaban J connectivity index is 2.33. The lowest BCUT2D eigenvalue weighted by atomic mass is 10.2. The topological polar surface area (TPSA) is 153 Å². The van der Waals surface area contributed by atoms with Crippen LogP contribution in [0.4, 0.5) is 17.6 Å². The van der Waals surface area contributed by atoms with Gasteiger partial charge in [0.15, 0.2) is 0 Å². The second kappa shape index (κ2) is 5.85. The standard InChI is InChI=1S/C9H16N6O2/c10-5(8(16)17)2-1-3-13-9-14-6(11)4-7(12)15-9/h4-5H,1-3,10H2,(H,16,17)(H5,11,12,13,14,15)/t5-/m0/s1. The zero-order valence-electron chi connectivity index (χ0n) is 9.26. The molecule has 94 valence electrons. The molecule has 8 nitrogen and oxygen atoms in total. The van der Waals surface area contributed by atoms with E-state index in [1.54, 1.807) is 0 Å². The number of aromatic nitrogens is 2. The monoisotopic (exact) mass is 240 g/mol. The zero-order valence-corrected chi connectivity index (χ0v) is 9.26. The van der Waals surface area contributed by atoms with Gasteiger partial charge in [-0.15, -0.1) is 0 Å². The van der Waals surface area contributed by atoms with Gasteiger partial charge in [-0.3, -0.25) is 4.79 Å². The van der Waals surface area contributed by atoms with Crippen LogP contribution in [0.5, 0.6) is 0 Å². The van der Waals surface area contributed by atoms with Crippen molar-refractivity contribution in [3.05, 3.63) is 6.07 Å². The Labute approximate surface area is 98.2 Å². The van der Waals surface area contributed by atoms with Crippen LogP contribution in [0.3, 0.4) is 0 Å². The molecule has 0 bridgehead atoms. The summed E-state index contributed by atoms with van der Waals surface area (Å²) in [5, 5.41) is 11.5. The molecule has 0 saturated heterocycles. The number of hydrogen-bond acceptors (Lipinski definition) is 7. The maximum Gasteiger partial charge on any atom is 0.320 e. The molecule has 0 saturated carbocycles. The number of carbonyl (C=O) groups is 1. The van der Waals surface area contributed by atoms with Gasteiger partial charge >= 0.3 is 5.97 Å². The van der Waals surface area contributed by atoms with Gasteiger partial charge in [-0.05, 0) is 12.8 Å². The third kappa shape index (κ3) is 4.51. The molecular formula is C9H16N6O2. The van der Waals surface area contributed by atoms with Crippen molar-refractivity contribution in [3.63, 3.8) is 0 Å². The molecule has 0 aliphatic rings. The number of anilines is 3. The van der Waals surface area contributed by atoms with Gasteiger partial charge in [0.1, 0.15) is 17.7 Å². The van der Waals surface area contributed by atoms with E-state index in [-0.39, 0.29) is 11.6 Å². The fraction of sp³-hybridized carbons (Fsp3) is 0.444. The molecule has 0 radical (unpaired) electrons. The highest BCUT2D eigenvalue weighted by atomic mass is 16.4. The average Bonchev–Trinajstić information content (AvgIpc) is 2.22. The van der Waals surface area contributed by atoms with E-state index in [4.69, 9.17) is 22.3 Å². The van der Waals surface area contributed by atoms with Gasteiger partial charge in [0, 0.05) is 12.6 Å². The molecular weight excluding hydrogens is 224 g/mol. The second-order valence-electron chi connectivity index (χ2n) is 3.56. The number of hydrogen-bond donors (Lipinski definition) is 5. The Morgan fingerprint density at radius 1 is 1.41 bits per heavy atom. The summed E-state index contributed by atoms with van der Waals surface area (Å²) in [7, 11) is 0. The van der Waals surface area contributed by atoms with Crippen molar-refractivity contribution >= 4 is 23.6 Å². The first-order valence-electron chi connectivity index (χ1n) is 5.11. The number of nitrogens with zero attached hydrogens (tertiary/aromatic N) is 2. The molecule has 0 unspecified atom stereocenters. The van der Waals surface area contributed by atoms with Crippen molar-refractivity contribution in [2.24, 2.45) is 5.73 Å². The quantitative estimate of drug-likeness (QED) is 0.407. The van der Waals surface area contributed by atoms with Crippen LogP contribution < -0.4 is 22.5 Å². The van der Waals surface area contributed by atoms with Crippen LogP contribution in [0.15, 0.2) is 6.07 Å². The fourth-order valence-electron chi connectivity index (χ4n) is 1.21. The van der Waals surface area contributed by atoms with E-state index in [9.17, 15) is 4.79 Å². The van der Waals surface area contributed by atoms with Crippen molar-refractivity contribution in [3.8, 4) is 0 Å². The largest absolute Gasteiger partial charge is 0.480 e. The molecule has 8 N–H and O–H groups in total. The van der Waals surface area contributed by atoms with Crippen molar-refractivity contribution in [2.45, 2.75) is 18.9 Å². The van der Waals surface area contributed by atoms with Crippen molar-refractivity contribution in [1.82, 2.24) is 9.97 Å². The van der Waals surface area contributed by atoms with Gasteiger partial charge in [-0.1, -0.05) is 0 Å². The lowest BCUT2D eigenvalue weighted by molar-refractivity contribution is -0.138. The molecule has 17 heavy (non-hydrogen) atoms. The SMILES string of the molecule is Nc1cc(N)nc(NCCC[C@H](N)C(=O)O)n1. The Kier molecular flexibility index (Phi) is 4.46. The van der Waals surface area contributed by atoms with Gasteiger partial charge in [0.05, 0.1) is 0 Å². The van der Waals surface area contributed by atoms with E-state index >= 15 is 0 Å². The lowest BCUT2D eigenvalue weighted by Gasteiger charge is -2.08. The molecule has 0 amide bonds. The Hall–Kier alpha value is -2.09. The third-order valence-electron chi connectivity index (χ3n) is 2.06. The van der Waals surface area contributed by atoms with Gasteiger partial charge < -0.3 is 27.6 Å². The molecule has 0 fully saturated rings. The first-order valence-corrected chi connectivity index (χ1v) is 5.11. The van der Waals surface area contributed by atoms with E-state index in [0.717, 1.165) is 0 Å². The van der Waals surface area contributed by atoms with Gasteiger partial charge in [-0.2, -0.15) is 9.97 Å². The number of nitrogen functional groups attached to an aromatic ring is 2. The fourth-order valence-corrected chi connectivity index (χ4v) is 1.21. The summed E-state index contributed by atoms with van der Waals surface area (Å²) in [6.45, 7) is 0.504. The minimum Gasteiger partial charge on any atom is -0.480 e. The van der Waals surface area contributed by atoms with Crippen LogP contribution in [0.1, 0.15) is 12.8 Å². The summed E-state index contributed by atoms with van der Waals surface area (Å²) in [5.74, 6) is -0.120. The predicted octanol–water partition coefficient (Wildman–Crippen LogP) is -0.755. The summed E-state index contributed by atoms with van der Waals surface area (Å²) in [5.41, 5.74) is 16.3. The second-order valence-corrected chi connectivity index (χ2v) is 3.56. The maximum absolute atomic E-state index is 10.4. The first kappa shape index (κ1) is 13.0. The minimum atomic E-state index is -1.01. The minimum absolute atomic E-state index is 0.280. The zero-order chi connectivity index (χ0) is 12.8. The highest BCUT2D eigenvalue weighted by molar-refractivity contribution is 5.72. The molecule has 1 rings (SSSR count). The van der Waals surface area contributed by atoms with Crippen molar-refractivity contribution < 1.29 is 9.90 Å². The highest BCUT2D eigenvalue weighted by Crippen LogP contribution is 2.08. The average molecular weight is 240 g/mol. The number of nitrogens with two attached hydrogens (primary N) is 3. The first-order chi connectivity index (χ1) is 7.99. The number of nitrogens with one attached hydrogen (secondary N) is 1. The smallest absolute Gasteiger partial charge is 0.320 e. The molecule has 1 aromatic heterocycles. The summed E-state index contributed by atoms with van der Waals surface area (Å²) in [6, 6.07) is 0.606. The molecule has 0 aromatic carbocycles. The summed E-state index contributed by atoms with van der Waals surface area (Å²) in [4.78, 5) is 18.3.